The number of aromatic nitrogens is 2. The number of nitrogens with one attached hydrogen (secondary N) is 1. The lowest BCUT2D eigenvalue weighted by Gasteiger charge is -2.32. The van der Waals surface area contributed by atoms with Crippen molar-refractivity contribution in [2.75, 3.05) is 0 Å². The second-order valence-electron chi connectivity index (χ2n) is 6.05. The van der Waals surface area contributed by atoms with Crippen LogP contribution in [-0.2, 0) is 4.79 Å². The second kappa shape index (κ2) is 6.73. The topological polar surface area (TPSA) is 87.9 Å². The fraction of sp³-hybridized carbons (Fsp3) is 0.625. The lowest BCUT2D eigenvalue weighted by atomic mass is 9.84. The standard InChI is InChI=1S/C16H20N4O2/c17-10-14-16(19-9-8-18-14)22-13-6-4-12(5-7-13)20-15(21)11-2-1-3-11/h8-9,11-13H,1-7H2,(H,20,21). The number of hydrogen-bond donors (Lipinski definition) is 1. The lowest BCUT2D eigenvalue weighted by molar-refractivity contribution is -0.128. The summed E-state index contributed by atoms with van der Waals surface area (Å²) in [7, 11) is 0. The van der Waals surface area contributed by atoms with E-state index < -0.39 is 0 Å². The van der Waals surface area contributed by atoms with Gasteiger partial charge in [-0.25, -0.2) is 9.97 Å². The first-order chi connectivity index (χ1) is 10.8. The lowest BCUT2D eigenvalue weighted by Crippen LogP contribution is -2.43. The minimum Gasteiger partial charge on any atom is -0.472 e. The van der Waals surface area contributed by atoms with Crippen LogP contribution in [0.3, 0.4) is 0 Å². The number of amides is 1. The van der Waals surface area contributed by atoms with E-state index in [2.05, 4.69) is 15.3 Å². The molecule has 0 bridgehead atoms. The maximum atomic E-state index is 12.0. The zero-order valence-electron chi connectivity index (χ0n) is 12.5. The van der Waals surface area contributed by atoms with Crippen molar-refractivity contribution in [1.29, 1.82) is 5.26 Å². The molecule has 0 aliphatic heterocycles. The van der Waals surface area contributed by atoms with E-state index in [0.29, 0.717) is 5.88 Å². The average molecular weight is 300 g/mol. The van der Waals surface area contributed by atoms with Crippen molar-refractivity contribution < 1.29 is 9.53 Å². The summed E-state index contributed by atoms with van der Waals surface area (Å²) in [6.45, 7) is 0. The van der Waals surface area contributed by atoms with Crippen LogP contribution >= 0.6 is 0 Å². The summed E-state index contributed by atoms with van der Waals surface area (Å²) in [5.41, 5.74) is 0.225. The zero-order valence-corrected chi connectivity index (χ0v) is 12.5. The Kier molecular flexibility index (Phi) is 4.52. The van der Waals surface area contributed by atoms with E-state index in [9.17, 15) is 4.79 Å². The maximum absolute atomic E-state index is 12.0. The molecule has 2 fully saturated rings. The molecular weight excluding hydrogens is 280 g/mol. The van der Waals surface area contributed by atoms with Gasteiger partial charge in [0.05, 0.1) is 0 Å². The van der Waals surface area contributed by atoms with Gasteiger partial charge in [-0.05, 0) is 38.5 Å². The van der Waals surface area contributed by atoms with Crippen LogP contribution in [0.25, 0.3) is 0 Å². The van der Waals surface area contributed by atoms with Crippen LogP contribution in [0.5, 0.6) is 5.88 Å². The first-order valence-corrected chi connectivity index (χ1v) is 7.94. The van der Waals surface area contributed by atoms with Crippen molar-refractivity contribution in [1.82, 2.24) is 15.3 Å². The average Bonchev–Trinajstić information content (AvgIpc) is 2.48. The first kappa shape index (κ1) is 14.8. The summed E-state index contributed by atoms with van der Waals surface area (Å²) < 4.78 is 5.80. The summed E-state index contributed by atoms with van der Waals surface area (Å²) in [6, 6.07) is 2.24. The van der Waals surface area contributed by atoms with E-state index in [0.717, 1.165) is 38.5 Å². The quantitative estimate of drug-likeness (QED) is 0.918. The van der Waals surface area contributed by atoms with Crippen LogP contribution in [-0.4, -0.2) is 28.0 Å². The molecular formula is C16H20N4O2. The van der Waals surface area contributed by atoms with Crippen LogP contribution < -0.4 is 10.1 Å². The van der Waals surface area contributed by atoms with Gasteiger partial charge < -0.3 is 10.1 Å². The molecule has 0 aromatic carbocycles. The molecule has 2 aliphatic rings. The fourth-order valence-electron chi connectivity index (χ4n) is 2.96. The van der Waals surface area contributed by atoms with Crippen LogP contribution in [0, 0.1) is 17.2 Å². The van der Waals surface area contributed by atoms with E-state index >= 15 is 0 Å². The first-order valence-electron chi connectivity index (χ1n) is 7.94. The Balaban J connectivity index is 1.47. The smallest absolute Gasteiger partial charge is 0.251 e. The van der Waals surface area contributed by atoms with Crippen LogP contribution in [0.4, 0.5) is 0 Å². The van der Waals surface area contributed by atoms with E-state index in [-0.39, 0.29) is 29.7 Å². The molecule has 0 atom stereocenters. The van der Waals surface area contributed by atoms with Gasteiger partial charge in [-0.15, -0.1) is 0 Å². The maximum Gasteiger partial charge on any atom is 0.251 e. The summed E-state index contributed by atoms with van der Waals surface area (Å²) in [4.78, 5) is 20.0. The molecule has 0 saturated heterocycles. The van der Waals surface area contributed by atoms with E-state index in [1.807, 2.05) is 6.07 Å². The van der Waals surface area contributed by atoms with Crippen molar-refractivity contribution in [2.45, 2.75) is 57.1 Å². The summed E-state index contributed by atoms with van der Waals surface area (Å²) in [6.07, 6.45) is 9.84. The predicted octanol–water partition coefficient (Wildman–Crippen LogP) is 1.95. The van der Waals surface area contributed by atoms with Gasteiger partial charge in [-0.1, -0.05) is 6.42 Å². The molecule has 1 amide bonds. The third-order valence-electron chi connectivity index (χ3n) is 4.55. The van der Waals surface area contributed by atoms with Gasteiger partial charge in [0.1, 0.15) is 12.2 Å². The van der Waals surface area contributed by atoms with Crippen molar-refractivity contribution in [3.05, 3.63) is 18.1 Å². The number of nitrogens with zero attached hydrogens (tertiary/aromatic N) is 3. The molecule has 1 N–H and O–H groups in total. The minimum atomic E-state index is 0.0423. The highest BCUT2D eigenvalue weighted by Gasteiger charge is 2.29. The molecule has 1 heterocycles. The molecule has 0 spiro atoms. The van der Waals surface area contributed by atoms with Gasteiger partial charge in [0.25, 0.3) is 5.88 Å². The molecule has 1 aromatic rings. The van der Waals surface area contributed by atoms with Crippen molar-refractivity contribution in [3.63, 3.8) is 0 Å². The monoisotopic (exact) mass is 300 g/mol. The largest absolute Gasteiger partial charge is 0.472 e. The molecule has 6 heteroatoms. The van der Waals surface area contributed by atoms with Gasteiger partial charge in [-0.2, -0.15) is 5.26 Å². The Bertz CT molecular complexity index is 572. The molecule has 22 heavy (non-hydrogen) atoms. The Hall–Kier alpha value is -2.16. The van der Waals surface area contributed by atoms with Crippen LogP contribution in [0.15, 0.2) is 12.4 Å². The zero-order chi connectivity index (χ0) is 15.4. The second-order valence-corrected chi connectivity index (χ2v) is 6.05. The number of rotatable bonds is 4. The SMILES string of the molecule is N#Cc1nccnc1OC1CCC(NC(=O)C2CCC2)CC1. The third kappa shape index (κ3) is 3.35. The van der Waals surface area contributed by atoms with Gasteiger partial charge in [0, 0.05) is 24.4 Å². The van der Waals surface area contributed by atoms with Crippen LogP contribution in [0.1, 0.15) is 50.6 Å². The number of ether oxygens (including phenoxy) is 1. The highest BCUT2D eigenvalue weighted by atomic mass is 16.5. The summed E-state index contributed by atoms with van der Waals surface area (Å²) in [5.74, 6) is 0.773. The third-order valence-corrected chi connectivity index (χ3v) is 4.55. The van der Waals surface area contributed by atoms with Crippen molar-refractivity contribution >= 4 is 5.91 Å². The Morgan fingerprint density at radius 2 is 1.91 bits per heavy atom. The number of hydrogen-bond acceptors (Lipinski definition) is 5. The van der Waals surface area contributed by atoms with Gasteiger partial charge >= 0.3 is 0 Å². The molecule has 2 aliphatic carbocycles. The minimum absolute atomic E-state index is 0.0423. The highest BCUT2D eigenvalue weighted by Crippen LogP contribution is 2.28. The molecule has 0 radical (unpaired) electrons. The number of carbonyl (C=O) groups is 1. The van der Waals surface area contributed by atoms with Gasteiger partial charge in [0.2, 0.25) is 11.6 Å². The Morgan fingerprint density at radius 1 is 1.18 bits per heavy atom. The Morgan fingerprint density at radius 3 is 2.55 bits per heavy atom. The molecule has 2 saturated carbocycles. The van der Waals surface area contributed by atoms with Crippen LogP contribution in [0.2, 0.25) is 0 Å². The summed E-state index contributed by atoms with van der Waals surface area (Å²) in [5, 5.41) is 12.1. The molecule has 116 valence electrons. The van der Waals surface area contributed by atoms with Crippen molar-refractivity contribution in [2.24, 2.45) is 5.92 Å². The summed E-state index contributed by atoms with van der Waals surface area (Å²) >= 11 is 0. The predicted molar refractivity (Wildman–Crippen MR) is 78.9 cm³/mol. The number of carbonyl (C=O) groups excluding carboxylic acids is 1. The van der Waals surface area contributed by atoms with E-state index in [1.54, 1.807) is 0 Å². The van der Waals surface area contributed by atoms with E-state index in [4.69, 9.17) is 10.00 Å². The highest BCUT2D eigenvalue weighted by molar-refractivity contribution is 5.79. The molecule has 1 aromatic heterocycles. The molecule has 3 rings (SSSR count). The fourth-order valence-corrected chi connectivity index (χ4v) is 2.96. The Labute approximate surface area is 129 Å². The number of nitriles is 1. The van der Waals surface area contributed by atoms with Gasteiger partial charge in [0.15, 0.2) is 0 Å². The molecule has 6 nitrogen and oxygen atoms in total. The molecule has 0 unspecified atom stereocenters. The van der Waals surface area contributed by atoms with Crippen molar-refractivity contribution in [3.8, 4) is 11.9 Å². The van der Waals surface area contributed by atoms with Gasteiger partial charge in [-0.3, -0.25) is 4.79 Å². The normalized spacial score (nSPS) is 24.9. The van der Waals surface area contributed by atoms with E-state index in [1.165, 1.54) is 18.8 Å².